The van der Waals surface area contributed by atoms with Gasteiger partial charge in [-0.3, -0.25) is 14.4 Å². The number of fused-ring (bicyclic) bond motifs is 1. The SMILES string of the molecule is CCN(CC)c1ccc2cc(C(=O)Nc3ccc(N4C(=O)C=C(Oc5ccccc5)C4=O)cc3)c(=O)oc2c1. The Morgan fingerprint density at radius 2 is 1.64 bits per heavy atom. The van der Waals surface area contributed by atoms with E-state index < -0.39 is 23.3 Å². The molecule has 0 saturated heterocycles. The van der Waals surface area contributed by atoms with Crippen LogP contribution in [-0.2, 0) is 9.59 Å². The average Bonchev–Trinajstić information content (AvgIpc) is 3.22. The summed E-state index contributed by atoms with van der Waals surface area (Å²) in [5.41, 5.74) is 1.11. The summed E-state index contributed by atoms with van der Waals surface area (Å²) in [6, 6.07) is 21.8. The van der Waals surface area contributed by atoms with Crippen LogP contribution in [0.5, 0.6) is 5.75 Å². The summed E-state index contributed by atoms with van der Waals surface area (Å²) < 4.78 is 11.0. The van der Waals surface area contributed by atoms with E-state index in [1.54, 1.807) is 30.3 Å². The fourth-order valence-corrected chi connectivity index (χ4v) is 4.32. The lowest BCUT2D eigenvalue weighted by Crippen LogP contribution is -2.31. The van der Waals surface area contributed by atoms with Gasteiger partial charge in [0.1, 0.15) is 16.9 Å². The highest BCUT2D eigenvalue weighted by molar-refractivity contribution is 6.30. The van der Waals surface area contributed by atoms with Gasteiger partial charge in [0.2, 0.25) is 0 Å². The Balaban J connectivity index is 1.30. The highest BCUT2D eigenvalue weighted by Crippen LogP contribution is 2.27. The van der Waals surface area contributed by atoms with Crippen LogP contribution < -0.4 is 25.5 Å². The first kappa shape index (κ1) is 25.5. The normalized spacial score (nSPS) is 13.0. The third-order valence-corrected chi connectivity index (χ3v) is 6.34. The summed E-state index contributed by atoms with van der Waals surface area (Å²) in [6.07, 6.45) is 1.13. The molecular weight excluding hydrogens is 498 g/mol. The molecule has 9 nitrogen and oxygen atoms in total. The van der Waals surface area contributed by atoms with E-state index >= 15 is 0 Å². The van der Waals surface area contributed by atoms with Crippen molar-refractivity contribution in [2.24, 2.45) is 0 Å². The summed E-state index contributed by atoms with van der Waals surface area (Å²) in [5, 5.41) is 3.28. The zero-order valence-electron chi connectivity index (χ0n) is 21.3. The number of hydrogen-bond donors (Lipinski definition) is 1. The quantitative estimate of drug-likeness (QED) is 0.263. The Morgan fingerprint density at radius 3 is 2.33 bits per heavy atom. The summed E-state index contributed by atoms with van der Waals surface area (Å²) in [5.74, 6) is -1.43. The van der Waals surface area contributed by atoms with Crippen LogP contribution in [0.2, 0.25) is 0 Å². The molecule has 0 saturated carbocycles. The number of rotatable bonds is 8. The molecule has 9 heteroatoms. The molecule has 0 atom stereocenters. The molecule has 1 aliphatic rings. The van der Waals surface area contributed by atoms with Gasteiger partial charge < -0.3 is 19.4 Å². The molecule has 0 unspecified atom stereocenters. The molecule has 3 amide bonds. The molecule has 0 aliphatic carbocycles. The van der Waals surface area contributed by atoms with Crippen LogP contribution in [-0.4, -0.2) is 30.8 Å². The maximum absolute atomic E-state index is 12.9. The van der Waals surface area contributed by atoms with E-state index in [9.17, 15) is 19.2 Å². The predicted octanol–water partition coefficient (Wildman–Crippen LogP) is 4.73. The largest absolute Gasteiger partial charge is 0.451 e. The highest BCUT2D eigenvalue weighted by atomic mass is 16.5. The molecule has 1 aliphatic heterocycles. The van der Waals surface area contributed by atoms with Gasteiger partial charge in [0.15, 0.2) is 5.76 Å². The first-order valence-electron chi connectivity index (χ1n) is 12.4. The minimum Gasteiger partial charge on any atom is -0.451 e. The van der Waals surface area contributed by atoms with Crippen molar-refractivity contribution in [2.75, 3.05) is 28.2 Å². The van der Waals surface area contributed by atoms with Crippen LogP contribution in [0, 0.1) is 0 Å². The van der Waals surface area contributed by atoms with E-state index in [0.29, 0.717) is 28.1 Å². The number of amides is 3. The number of hydrogen-bond acceptors (Lipinski definition) is 7. The number of imide groups is 1. The second kappa shape index (κ2) is 10.7. The minimum absolute atomic E-state index is 0.0872. The third-order valence-electron chi connectivity index (χ3n) is 6.34. The second-order valence-corrected chi connectivity index (χ2v) is 8.75. The molecular formula is C30H25N3O6. The molecule has 1 N–H and O–H groups in total. The molecule has 0 spiro atoms. The minimum atomic E-state index is -0.751. The highest BCUT2D eigenvalue weighted by Gasteiger charge is 2.34. The topological polar surface area (TPSA) is 109 Å². The Morgan fingerprint density at radius 1 is 0.923 bits per heavy atom. The molecule has 3 aromatic carbocycles. The van der Waals surface area contributed by atoms with Crippen LogP contribution in [0.3, 0.4) is 0 Å². The summed E-state index contributed by atoms with van der Waals surface area (Å²) in [6.45, 7) is 5.70. The van der Waals surface area contributed by atoms with E-state index in [4.69, 9.17) is 9.15 Å². The fraction of sp³-hybridized carbons (Fsp3) is 0.133. The van der Waals surface area contributed by atoms with Crippen molar-refractivity contribution in [3.8, 4) is 5.75 Å². The number of benzene rings is 3. The van der Waals surface area contributed by atoms with Gasteiger partial charge >= 0.3 is 11.5 Å². The van der Waals surface area contributed by atoms with Crippen LogP contribution in [0.4, 0.5) is 17.1 Å². The first-order valence-corrected chi connectivity index (χ1v) is 12.4. The van der Waals surface area contributed by atoms with Crippen LogP contribution in [0.25, 0.3) is 11.0 Å². The molecule has 2 heterocycles. The van der Waals surface area contributed by atoms with E-state index in [2.05, 4.69) is 10.2 Å². The monoisotopic (exact) mass is 523 g/mol. The third kappa shape index (κ3) is 5.15. The zero-order valence-corrected chi connectivity index (χ0v) is 21.3. The Hall–Kier alpha value is -5.18. The van der Waals surface area contributed by atoms with Crippen molar-refractivity contribution < 1.29 is 23.5 Å². The lowest BCUT2D eigenvalue weighted by atomic mass is 10.1. The fourth-order valence-electron chi connectivity index (χ4n) is 4.32. The van der Waals surface area contributed by atoms with Crippen molar-refractivity contribution in [3.63, 3.8) is 0 Å². The molecule has 5 rings (SSSR count). The molecule has 0 radical (unpaired) electrons. The Bertz CT molecular complexity index is 1650. The lowest BCUT2D eigenvalue weighted by molar-refractivity contribution is -0.121. The maximum atomic E-state index is 12.9. The van der Waals surface area contributed by atoms with Gasteiger partial charge in [-0.05, 0) is 68.4 Å². The van der Waals surface area contributed by atoms with Crippen LogP contribution in [0.1, 0.15) is 24.2 Å². The van der Waals surface area contributed by atoms with Gasteiger partial charge in [0.05, 0.1) is 11.8 Å². The number of carbonyl (C=O) groups excluding carboxylic acids is 3. The van der Waals surface area contributed by atoms with Crippen molar-refractivity contribution in [1.82, 2.24) is 0 Å². The molecule has 4 aromatic rings. The summed E-state index contributed by atoms with van der Waals surface area (Å²) >= 11 is 0. The standard InChI is InChI=1S/C30H25N3O6/c1-3-32(4-2)22-13-10-19-16-24(30(37)39-25(19)17-22)28(35)31-20-11-14-21(15-12-20)33-27(34)18-26(29(33)36)38-23-8-6-5-7-9-23/h5-18H,3-4H2,1-2H3,(H,31,35). The smallest absolute Gasteiger partial charge is 0.349 e. The Kier molecular flexibility index (Phi) is 6.96. The number of anilines is 3. The van der Waals surface area contributed by atoms with Gasteiger partial charge in [-0.15, -0.1) is 0 Å². The summed E-state index contributed by atoms with van der Waals surface area (Å²) in [7, 11) is 0. The number of carbonyl (C=O) groups is 3. The van der Waals surface area contributed by atoms with Gasteiger partial charge in [0.25, 0.3) is 11.8 Å². The van der Waals surface area contributed by atoms with E-state index in [0.717, 1.165) is 29.8 Å². The van der Waals surface area contributed by atoms with Crippen molar-refractivity contribution >= 4 is 45.8 Å². The lowest BCUT2D eigenvalue weighted by Gasteiger charge is -2.21. The van der Waals surface area contributed by atoms with Gasteiger partial charge in [0, 0.05) is 35.9 Å². The van der Waals surface area contributed by atoms with E-state index in [-0.39, 0.29) is 11.3 Å². The first-order chi connectivity index (χ1) is 18.9. The average molecular weight is 524 g/mol. The van der Waals surface area contributed by atoms with E-state index in [1.807, 2.05) is 32.0 Å². The van der Waals surface area contributed by atoms with E-state index in [1.165, 1.54) is 30.3 Å². The Labute approximate surface area is 223 Å². The van der Waals surface area contributed by atoms with Crippen molar-refractivity contribution in [3.05, 3.63) is 107 Å². The van der Waals surface area contributed by atoms with Crippen molar-refractivity contribution in [2.45, 2.75) is 13.8 Å². The second-order valence-electron chi connectivity index (χ2n) is 8.75. The van der Waals surface area contributed by atoms with Gasteiger partial charge in [-0.1, -0.05) is 18.2 Å². The number of nitrogens with one attached hydrogen (secondary N) is 1. The zero-order chi connectivity index (χ0) is 27.5. The number of nitrogens with zero attached hydrogens (tertiary/aromatic N) is 2. The van der Waals surface area contributed by atoms with Gasteiger partial charge in [-0.2, -0.15) is 0 Å². The summed E-state index contributed by atoms with van der Waals surface area (Å²) in [4.78, 5) is 53.9. The number of para-hydroxylation sites is 1. The molecule has 196 valence electrons. The number of ether oxygens (including phenoxy) is 1. The van der Waals surface area contributed by atoms with Crippen LogP contribution in [0.15, 0.2) is 99.9 Å². The maximum Gasteiger partial charge on any atom is 0.349 e. The van der Waals surface area contributed by atoms with Gasteiger partial charge in [-0.25, -0.2) is 9.69 Å². The molecule has 0 fully saturated rings. The van der Waals surface area contributed by atoms with Crippen LogP contribution >= 0.6 is 0 Å². The molecule has 0 bridgehead atoms. The van der Waals surface area contributed by atoms with Crippen molar-refractivity contribution in [1.29, 1.82) is 0 Å². The molecule has 1 aromatic heterocycles. The predicted molar refractivity (Wildman–Crippen MR) is 148 cm³/mol. The molecule has 39 heavy (non-hydrogen) atoms.